The third-order valence-electron chi connectivity index (χ3n) is 1.78. The van der Waals surface area contributed by atoms with Crippen LogP contribution in [-0.2, 0) is 0 Å². The monoisotopic (exact) mass is 176 g/mol. The average molecular weight is 176 g/mol. The number of pyridine rings is 1. The number of nitrogens with two attached hydrogens (primary N) is 1. The first-order chi connectivity index (χ1) is 6.33. The maximum atomic E-state index is 11.2. The number of nitrogens with zero attached hydrogens (tertiary/aromatic N) is 2. The van der Waals surface area contributed by atoms with E-state index in [2.05, 4.69) is 10.4 Å². The smallest absolute Gasteiger partial charge is 0.283 e. The van der Waals surface area contributed by atoms with Gasteiger partial charge in [-0.3, -0.25) is 14.6 Å². The normalized spacial score (nSPS) is 10.2. The highest BCUT2D eigenvalue weighted by Crippen LogP contribution is 2.04. The van der Waals surface area contributed by atoms with Gasteiger partial charge in [-0.05, 0) is 12.1 Å². The maximum Gasteiger partial charge on any atom is 0.283 e. The number of imidazole rings is 1. The molecule has 0 aliphatic rings. The van der Waals surface area contributed by atoms with E-state index in [0.717, 1.165) is 5.65 Å². The van der Waals surface area contributed by atoms with Gasteiger partial charge in [0.1, 0.15) is 11.3 Å². The topological polar surface area (TPSA) is 72.4 Å². The maximum absolute atomic E-state index is 11.2. The molecule has 0 aromatic carbocycles. The minimum absolute atomic E-state index is 0.348. The van der Waals surface area contributed by atoms with Gasteiger partial charge in [0.15, 0.2) is 0 Å². The summed E-state index contributed by atoms with van der Waals surface area (Å²) in [6, 6.07) is 5.49. The van der Waals surface area contributed by atoms with Crippen LogP contribution in [0.1, 0.15) is 10.5 Å². The van der Waals surface area contributed by atoms with Crippen molar-refractivity contribution in [2.24, 2.45) is 5.84 Å². The van der Waals surface area contributed by atoms with Gasteiger partial charge in [-0.2, -0.15) is 0 Å². The molecule has 13 heavy (non-hydrogen) atoms. The number of fused-ring (bicyclic) bond motifs is 1. The van der Waals surface area contributed by atoms with E-state index >= 15 is 0 Å². The molecule has 0 aliphatic heterocycles. The molecule has 2 aromatic heterocycles. The van der Waals surface area contributed by atoms with Gasteiger partial charge in [0.2, 0.25) is 0 Å². The Labute approximate surface area is 74.2 Å². The number of hydrazine groups is 1. The lowest BCUT2D eigenvalue weighted by Gasteiger charge is -1.98. The van der Waals surface area contributed by atoms with Crippen molar-refractivity contribution in [2.75, 3.05) is 0 Å². The van der Waals surface area contributed by atoms with Crippen molar-refractivity contribution >= 4 is 11.6 Å². The van der Waals surface area contributed by atoms with Crippen LogP contribution in [0.15, 0.2) is 30.6 Å². The van der Waals surface area contributed by atoms with Gasteiger partial charge in [0.05, 0.1) is 6.20 Å². The van der Waals surface area contributed by atoms with Crippen molar-refractivity contribution in [1.82, 2.24) is 14.8 Å². The molecule has 0 saturated carbocycles. The molecule has 0 atom stereocenters. The first kappa shape index (κ1) is 7.75. The van der Waals surface area contributed by atoms with Gasteiger partial charge >= 0.3 is 0 Å². The van der Waals surface area contributed by atoms with E-state index in [9.17, 15) is 4.79 Å². The standard InChI is InChI=1S/C8H8N4O/c9-11-8(13)6-5-10-7-3-1-2-4-12(6)7/h1-5H,9H2,(H,11,13). The largest absolute Gasteiger partial charge is 0.295 e. The van der Waals surface area contributed by atoms with E-state index in [1.807, 2.05) is 18.2 Å². The predicted octanol–water partition coefficient (Wildman–Crippen LogP) is -0.0622. The SMILES string of the molecule is NNC(=O)c1cnc2ccccn12. The lowest BCUT2D eigenvalue weighted by atomic mass is 10.4. The highest BCUT2D eigenvalue weighted by Gasteiger charge is 2.08. The summed E-state index contributed by atoms with van der Waals surface area (Å²) < 4.78 is 1.67. The molecule has 2 aromatic rings. The van der Waals surface area contributed by atoms with Crippen molar-refractivity contribution in [3.05, 3.63) is 36.3 Å². The van der Waals surface area contributed by atoms with E-state index in [1.54, 1.807) is 10.6 Å². The zero-order valence-corrected chi connectivity index (χ0v) is 6.77. The lowest BCUT2D eigenvalue weighted by molar-refractivity contribution is 0.0948. The first-order valence-corrected chi connectivity index (χ1v) is 3.76. The summed E-state index contributed by atoms with van der Waals surface area (Å²) in [7, 11) is 0. The molecule has 2 rings (SSSR count). The zero-order valence-electron chi connectivity index (χ0n) is 6.77. The molecule has 1 amide bonds. The summed E-state index contributed by atoms with van der Waals surface area (Å²) >= 11 is 0. The van der Waals surface area contributed by atoms with Gasteiger partial charge in [-0.15, -0.1) is 0 Å². The fourth-order valence-corrected chi connectivity index (χ4v) is 1.17. The summed E-state index contributed by atoms with van der Waals surface area (Å²) in [6.45, 7) is 0. The molecule has 0 unspecified atom stereocenters. The number of nitrogen functional groups attached to an aromatic ring is 1. The highest BCUT2D eigenvalue weighted by molar-refractivity contribution is 5.92. The van der Waals surface area contributed by atoms with Gasteiger partial charge in [-0.1, -0.05) is 6.07 Å². The Morgan fingerprint density at radius 1 is 1.54 bits per heavy atom. The average Bonchev–Trinajstić information content (AvgIpc) is 2.60. The molecular formula is C8H8N4O. The number of hydrogen-bond acceptors (Lipinski definition) is 3. The second-order valence-corrected chi connectivity index (χ2v) is 2.55. The van der Waals surface area contributed by atoms with Crippen molar-refractivity contribution in [1.29, 1.82) is 0 Å². The van der Waals surface area contributed by atoms with Crippen LogP contribution in [0.3, 0.4) is 0 Å². The fraction of sp³-hybridized carbons (Fsp3) is 0. The Morgan fingerprint density at radius 3 is 3.15 bits per heavy atom. The van der Waals surface area contributed by atoms with Crippen LogP contribution in [0, 0.1) is 0 Å². The summed E-state index contributed by atoms with van der Waals surface area (Å²) in [5.41, 5.74) is 3.21. The number of aromatic nitrogens is 2. The van der Waals surface area contributed by atoms with Crippen LogP contribution in [0.2, 0.25) is 0 Å². The number of nitrogens with one attached hydrogen (secondary N) is 1. The van der Waals surface area contributed by atoms with E-state index in [0.29, 0.717) is 5.69 Å². The third-order valence-corrected chi connectivity index (χ3v) is 1.78. The molecule has 0 saturated heterocycles. The number of hydrogen-bond donors (Lipinski definition) is 2. The van der Waals surface area contributed by atoms with E-state index in [-0.39, 0.29) is 5.91 Å². The van der Waals surface area contributed by atoms with Crippen molar-refractivity contribution in [3.8, 4) is 0 Å². The summed E-state index contributed by atoms with van der Waals surface area (Å²) in [5, 5.41) is 0. The predicted molar refractivity (Wildman–Crippen MR) is 46.8 cm³/mol. The van der Waals surface area contributed by atoms with Crippen molar-refractivity contribution in [3.63, 3.8) is 0 Å². The van der Waals surface area contributed by atoms with Gasteiger partial charge in [-0.25, -0.2) is 10.8 Å². The summed E-state index contributed by atoms with van der Waals surface area (Å²) in [6.07, 6.45) is 3.24. The van der Waals surface area contributed by atoms with Crippen LogP contribution in [0.25, 0.3) is 5.65 Å². The number of amides is 1. The van der Waals surface area contributed by atoms with Crippen LogP contribution >= 0.6 is 0 Å². The highest BCUT2D eigenvalue weighted by atomic mass is 16.2. The minimum atomic E-state index is -0.348. The second-order valence-electron chi connectivity index (χ2n) is 2.55. The molecular weight excluding hydrogens is 168 g/mol. The quantitative estimate of drug-likeness (QED) is 0.363. The third kappa shape index (κ3) is 1.15. The molecule has 0 radical (unpaired) electrons. The van der Waals surface area contributed by atoms with Gasteiger partial charge in [0.25, 0.3) is 5.91 Å². The van der Waals surface area contributed by atoms with Crippen molar-refractivity contribution < 1.29 is 4.79 Å². The number of carbonyl (C=O) groups excluding carboxylic acids is 1. The Bertz CT molecular complexity index is 448. The van der Waals surface area contributed by atoms with E-state index in [1.165, 1.54) is 6.20 Å². The molecule has 66 valence electrons. The Morgan fingerprint density at radius 2 is 2.38 bits per heavy atom. The fourth-order valence-electron chi connectivity index (χ4n) is 1.17. The minimum Gasteiger partial charge on any atom is -0.295 e. The molecule has 2 heterocycles. The first-order valence-electron chi connectivity index (χ1n) is 3.76. The van der Waals surface area contributed by atoms with Crippen LogP contribution in [-0.4, -0.2) is 15.3 Å². The number of carbonyl (C=O) groups is 1. The molecule has 0 bridgehead atoms. The molecule has 3 N–H and O–H groups in total. The van der Waals surface area contributed by atoms with E-state index in [4.69, 9.17) is 5.84 Å². The Balaban J connectivity index is 2.64. The van der Waals surface area contributed by atoms with Crippen LogP contribution in [0.5, 0.6) is 0 Å². The van der Waals surface area contributed by atoms with Gasteiger partial charge < -0.3 is 0 Å². The Hall–Kier alpha value is -1.88. The summed E-state index contributed by atoms with van der Waals surface area (Å²) in [5.74, 6) is 4.67. The summed E-state index contributed by atoms with van der Waals surface area (Å²) in [4.78, 5) is 15.2. The second kappa shape index (κ2) is 2.87. The van der Waals surface area contributed by atoms with E-state index < -0.39 is 0 Å². The molecule has 5 heteroatoms. The number of rotatable bonds is 1. The molecule has 0 spiro atoms. The molecule has 0 aliphatic carbocycles. The molecule has 5 nitrogen and oxygen atoms in total. The Kier molecular flexibility index (Phi) is 1.71. The zero-order chi connectivity index (χ0) is 9.26. The van der Waals surface area contributed by atoms with Crippen molar-refractivity contribution in [2.45, 2.75) is 0 Å². The van der Waals surface area contributed by atoms with Crippen LogP contribution < -0.4 is 11.3 Å². The molecule has 0 fully saturated rings. The lowest BCUT2D eigenvalue weighted by Crippen LogP contribution is -2.30. The van der Waals surface area contributed by atoms with Gasteiger partial charge in [0, 0.05) is 6.20 Å². The van der Waals surface area contributed by atoms with Crippen LogP contribution in [0.4, 0.5) is 0 Å².